The highest BCUT2D eigenvalue weighted by Gasteiger charge is 2.24. The van der Waals surface area contributed by atoms with Gasteiger partial charge < -0.3 is 9.80 Å². The third-order valence-electron chi connectivity index (χ3n) is 4.05. The molecule has 1 amide bonds. The fraction of sp³-hybridized carbons (Fsp3) is 0.667. The molecule has 5 heteroatoms. The maximum absolute atomic E-state index is 11.4. The second-order valence-corrected chi connectivity index (χ2v) is 5.47. The summed E-state index contributed by atoms with van der Waals surface area (Å²) in [5.74, 6) is 1.17. The third-order valence-corrected chi connectivity index (χ3v) is 4.05. The zero-order valence-corrected chi connectivity index (χ0v) is 12.7. The van der Waals surface area contributed by atoms with E-state index in [9.17, 15) is 4.79 Å². The minimum Gasteiger partial charge on any atom is -0.356 e. The molecular formula is C15H24N4O. The lowest BCUT2D eigenvalue weighted by Crippen LogP contribution is -2.45. The van der Waals surface area contributed by atoms with Gasteiger partial charge in [0.15, 0.2) is 0 Å². The number of rotatable bonds is 4. The molecular weight excluding hydrogens is 252 g/mol. The predicted octanol–water partition coefficient (Wildman–Crippen LogP) is 1.88. The minimum absolute atomic E-state index is 0.149. The molecule has 1 aromatic heterocycles. The fourth-order valence-electron chi connectivity index (χ4n) is 2.69. The average molecular weight is 276 g/mol. The van der Waals surface area contributed by atoms with Gasteiger partial charge in [-0.05, 0) is 19.3 Å². The summed E-state index contributed by atoms with van der Waals surface area (Å²) >= 11 is 0. The topological polar surface area (TPSA) is 49.3 Å². The predicted molar refractivity (Wildman–Crippen MR) is 79.7 cm³/mol. The van der Waals surface area contributed by atoms with Crippen LogP contribution in [0.5, 0.6) is 0 Å². The molecule has 2 heterocycles. The summed E-state index contributed by atoms with van der Waals surface area (Å²) in [5.41, 5.74) is 1.11. The average Bonchev–Trinajstić information content (AvgIpc) is 2.47. The van der Waals surface area contributed by atoms with Gasteiger partial charge in [-0.25, -0.2) is 9.97 Å². The maximum Gasteiger partial charge on any atom is 0.219 e. The maximum atomic E-state index is 11.4. The highest BCUT2D eigenvalue weighted by Crippen LogP contribution is 2.21. The van der Waals surface area contributed by atoms with Crippen LogP contribution in [0.15, 0.2) is 12.4 Å². The van der Waals surface area contributed by atoms with E-state index < -0.39 is 0 Å². The van der Waals surface area contributed by atoms with Crippen molar-refractivity contribution in [2.24, 2.45) is 0 Å². The number of amides is 1. The Bertz CT molecular complexity index is 455. The van der Waals surface area contributed by atoms with Crippen molar-refractivity contribution in [3.8, 4) is 0 Å². The van der Waals surface area contributed by atoms with Crippen LogP contribution in [-0.2, 0) is 11.2 Å². The molecule has 1 saturated heterocycles. The van der Waals surface area contributed by atoms with E-state index in [1.165, 1.54) is 0 Å². The standard InChI is InChI=1S/C15H24N4O/c1-4-5-13-10-15(17-11-16-13)19-8-6-14(7-9-19)18(3)12(2)20/h10-11,14H,4-9H2,1-3H3. The normalized spacial score (nSPS) is 16.2. The van der Waals surface area contributed by atoms with E-state index >= 15 is 0 Å². The number of nitrogens with zero attached hydrogens (tertiary/aromatic N) is 4. The highest BCUT2D eigenvalue weighted by atomic mass is 16.2. The van der Waals surface area contributed by atoms with E-state index in [-0.39, 0.29) is 5.91 Å². The van der Waals surface area contributed by atoms with Crippen molar-refractivity contribution in [2.75, 3.05) is 25.0 Å². The molecule has 1 aromatic rings. The second kappa shape index (κ2) is 6.68. The van der Waals surface area contributed by atoms with Crippen molar-refractivity contribution in [2.45, 2.75) is 45.6 Å². The van der Waals surface area contributed by atoms with E-state index in [0.717, 1.165) is 50.3 Å². The highest BCUT2D eigenvalue weighted by molar-refractivity contribution is 5.73. The van der Waals surface area contributed by atoms with Crippen LogP contribution in [0.3, 0.4) is 0 Å². The Morgan fingerprint density at radius 2 is 2.10 bits per heavy atom. The number of anilines is 1. The Labute approximate surface area is 121 Å². The number of aryl methyl sites for hydroxylation is 1. The molecule has 5 nitrogen and oxygen atoms in total. The van der Waals surface area contributed by atoms with Crippen molar-refractivity contribution < 1.29 is 4.79 Å². The van der Waals surface area contributed by atoms with Crippen molar-refractivity contribution >= 4 is 11.7 Å². The lowest BCUT2D eigenvalue weighted by atomic mass is 10.0. The lowest BCUT2D eigenvalue weighted by Gasteiger charge is -2.37. The first-order valence-corrected chi connectivity index (χ1v) is 7.41. The molecule has 1 aliphatic heterocycles. The SMILES string of the molecule is CCCc1cc(N2CCC(N(C)C(C)=O)CC2)ncn1. The van der Waals surface area contributed by atoms with Crippen molar-refractivity contribution in [3.05, 3.63) is 18.1 Å². The number of carbonyl (C=O) groups is 1. The summed E-state index contributed by atoms with van der Waals surface area (Å²) in [4.78, 5) is 24.2. The first kappa shape index (κ1) is 14.8. The lowest BCUT2D eigenvalue weighted by molar-refractivity contribution is -0.129. The number of aromatic nitrogens is 2. The Morgan fingerprint density at radius 1 is 1.40 bits per heavy atom. The largest absolute Gasteiger partial charge is 0.356 e. The first-order valence-electron chi connectivity index (χ1n) is 7.41. The van der Waals surface area contributed by atoms with Crippen molar-refractivity contribution in [3.63, 3.8) is 0 Å². The molecule has 0 radical (unpaired) electrons. The molecule has 0 unspecified atom stereocenters. The summed E-state index contributed by atoms with van der Waals surface area (Å²) in [6.45, 7) is 5.69. The van der Waals surface area contributed by atoms with Gasteiger partial charge in [0, 0.05) is 44.9 Å². The molecule has 0 aromatic carbocycles. The molecule has 0 spiro atoms. The first-order chi connectivity index (χ1) is 9.61. The van der Waals surface area contributed by atoms with Gasteiger partial charge in [0.2, 0.25) is 5.91 Å². The van der Waals surface area contributed by atoms with Gasteiger partial charge in [0.25, 0.3) is 0 Å². The molecule has 0 N–H and O–H groups in total. The molecule has 0 saturated carbocycles. The third kappa shape index (κ3) is 3.46. The van der Waals surface area contributed by atoms with Gasteiger partial charge in [-0.3, -0.25) is 4.79 Å². The van der Waals surface area contributed by atoms with E-state index in [2.05, 4.69) is 27.9 Å². The zero-order valence-electron chi connectivity index (χ0n) is 12.7. The Hall–Kier alpha value is -1.65. The summed E-state index contributed by atoms with van der Waals surface area (Å²) in [6.07, 6.45) is 5.77. The van der Waals surface area contributed by atoms with E-state index in [1.54, 1.807) is 13.3 Å². The summed E-state index contributed by atoms with van der Waals surface area (Å²) in [5, 5.41) is 0. The summed E-state index contributed by atoms with van der Waals surface area (Å²) in [6, 6.07) is 2.46. The van der Waals surface area contributed by atoms with Crippen LogP contribution in [0.4, 0.5) is 5.82 Å². The summed E-state index contributed by atoms with van der Waals surface area (Å²) < 4.78 is 0. The van der Waals surface area contributed by atoms with Gasteiger partial charge in [0.1, 0.15) is 12.1 Å². The fourth-order valence-corrected chi connectivity index (χ4v) is 2.69. The van der Waals surface area contributed by atoms with Crippen LogP contribution in [0.2, 0.25) is 0 Å². The Balaban J connectivity index is 1.96. The van der Waals surface area contributed by atoms with Crippen LogP contribution in [0.1, 0.15) is 38.8 Å². The number of hydrogen-bond donors (Lipinski definition) is 0. The monoisotopic (exact) mass is 276 g/mol. The van der Waals surface area contributed by atoms with Gasteiger partial charge in [0.05, 0.1) is 0 Å². The van der Waals surface area contributed by atoms with E-state index in [4.69, 9.17) is 0 Å². The Morgan fingerprint density at radius 3 is 2.70 bits per heavy atom. The zero-order chi connectivity index (χ0) is 14.5. The number of piperidine rings is 1. The van der Waals surface area contributed by atoms with Crippen LogP contribution in [0.25, 0.3) is 0 Å². The van der Waals surface area contributed by atoms with Gasteiger partial charge in [-0.2, -0.15) is 0 Å². The van der Waals surface area contributed by atoms with Crippen LogP contribution < -0.4 is 4.90 Å². The second-order valence-electron chi connectivity index (χ2n) is 5.47. The number of hydrogen-bond acceptors (Lipinski definition) is 4. The Kier molecular flexibility index (Phi) is 4.93. The van der Waals surface area contributed by atoms with Crippen LogP contribution in [0, 0.1) is 0 Å². The smallest absolute Gasteiger partial charge is 0.219 e. The number of carbonyl (C=O) groups excluding carboxylic acids is 1. The van der Waals surface area contributed by atoms with Gasteiger partial charge >= 0.3 is 0 Å². The van der Waals surface area contributed by atoms with Crippen LogP contribution >= 0.6 is 0 Å². The molecule has 1 aliphatic rings. The van der Waals surface area contributed by atoms with Gasteiger partial charge in [-0.1, -0.05) is 13.3 Å². The molecule has 1 fully saturated rings. The molecule has 110 valence electrons. The molecule has 0 bridgehead atoms. The quantitative estimate of drug-likeness (QED) is 0.842. The summed E-state index contributed by atoms with van der Waals surface area (Å²) in [7, 11) is 1.90. The van der Waals surface area contributed by atoms with Crippen LogP contribution in [-0.4, -0.2) is 47.0 Å². The molecule has 20 heavy (non-hydrogen) atoms. The van der Waals surface area contributed by atoms with E-state index in [0.29, 0.717) is 6.04 Å². The van der Waals surface area contributed by atoms with Gasteiger partial charge in [-0.15, -0.1) is 0 Å². The molecule has 0 aliphatic carbocycles. The molecule has 2 rings (SSSR count). The van der Waals surface area contributed by atoms with E-state index in [1.807, 2.05) is 11.9 Å². The molecule has 0 atom stereocenters. The van der Waals surface area contributed by atoms with Crippen molar-refractivity contribution in [1.29, 1.82) is 0 Å². The minimum atomic E-state index is 0.149. The van der Waals surface area contributed by atoms with Crippen molar-refractivity contribution in [1.82, 2.24) is 14.9 Å².